The topological polar surface area (TPSA) is 43.0 Å². The second-order valence-electron chi connectivity index (χ2n) is 16.6. The van der Waals surface area contributed by atoms with Crippen molar-refractivity contribution in [2.75, 3.05) is 0 Å². The molecule has 0 aliphatic heterocycles. The highest BCUT2D eigenvalue weighted by Gasteiger charge is 2.43. The van der Waals surface area contributed by atoms with Crippen LogP contribution in [-0.4, -0.2) is 15.0 Å². The molecular formula is C58H42N4. The Morgan fingerprint density at radius 3 is 1.24 bits per heavy atom. The van der Waals surface area contributed by atoms with Gasteiger partial charge < -0.3 is 0 Å². The smallest absolute Gasteiger partial charge is 0.187 e. The summed E-state index contributed by atoms with van der Waals surface area (Å²) in [6, 6.07) is 68.7. The molecule has 0 unspecified atom stereocenters. The lowest BCUT2D eigenvalue weighted by Crippen LogP contribution is -2.28. The van der Waals surface area contributed by atoms with Crippen molar-refractivity contribution in [1.82, 2.24) is 15.0 Å². The maximum absolute atomic E-state index is 7.71. The number of aromatic nitrogens is 3. The van der Waals surface area contributed by atoms with E-state index in [9.17, 15) is 0 Å². The van der Waals surface area contributed by atoms with E-state index < -0.39 is 0 Å². The molecule has 62 heavy (non-hydrogen) atoms. The average Bonchev–Trinajstić information content (AvgIpc) is 3.61. The first kappa shape index (κ1) is 37.3. The Bertz CT molecular complexity index is 3140. The van der Waals surface area contributed by atoms with Crippen molar-refractivity contribution in [3.05, 3.63) is 217 Å². The Morgan fingerprint density at radius 2 is 0.710 bits per heavy atom. The first-order valence-corrected chi connectivity index (χ1v) is 21.6. The van der Waals surface area contributed by atoms with E-state index in [1.165, 1.54) is 69.3 Å². The lowest BCUT2D eigenvalue weighted by atomic mass is 9.67. The van der Waals surface area contributed by atoms with Crippen LogP contribution in [0.1, 0.15) is 43.2 Å². The molecule has 9 aromatic rings. The molecule has 0 amide bonds. The minimum absolute atomic E-state index is 0.00773. The number of nitrogens with zero attached hydrogens (tertiary/aromatic N) is 4. The van der Waals surface area contributed by atoms with Crippen molar-refractivity contribution in [3.8, 4) is 89.8 Å². The summed E-state index contributed by atoms with van der Waals surface area (Å²) in [7, 11) is 0. The third-order valence-electron chi connectivity index (χ3n) is 13.0. The molecule has 1 heterocycles. The number of fused-ring (bicyclic) bond motifs is 5. The summed E-state index contributed by atoms with van der Waals surface area (Å²) in [5.41, 5.74) is 18.4. The molecule has 4 heteroatoms. The van der Waals surface area contributed by atoms with Crippen molar-refractivity contribution in [1.29, 1.82) is 0 Å². The van der Waals surface area contributed by atoms with Crippen LogP contribution in [0, 0.1) is 6.57 Å². The van der Waals surface area contributed by atoms with Crippen LogP contribution in [0.2, 0.25) is 0 Å². The fraction of sp³-hybridized carbons (Fsp3) is 0.103. The molecule has 1 spiro atoms. The van der Waals surface area contributed by atoms with Gasteiger partial charge in [-0.2, -0.15) is 0 Å². The van der Waals surface area contributed by atoms with E-state index in [4.69, 9.17) is 21.5 Å². The monoisotopic (exact) mass is 794 g/mol. The molecular weight excluding hydrogens is 753 g/mol. The van der Waals surface area contributed by atoms with Crippen LogP contribution < -0.4 is 0 Å². The molecule has 0 N–H and O–H groups in total. The van der Waals surface area contributed by atoms with E-state index >= 15 is 0 Å². The molecule has 1 saturated carbocycles. The molecule has 4 nitrogen and oxygen atoms in total. The van der Waals surface area contributed by atoms with Crippen LogP contribution in [0.4, 0.5) is 5.69 Å². The van der Waals surface area contributed by atoms with Gasteiger partial charge in [-0.25, -0.2) is 19.8 Å². The van der Waals surface area contributed by atoms with Gasteiger partial charge in [-0.05, 0) is 97.8 Å². The molecule has 294 valence electrons. The van der Waals surface area contributed by atoms with Crippen LogP contribution >= 0.6 is 0 Å². The van der Waals surface area contributed by atoms with E-state index in [0.29, 0.717) is 17.5 Å². The van der Waals surface area contributed by atoms with E-state index in [1.54, 1.807) is 0 Å². The summed E-state index contributed by atoms with van der Waals surface area (Å²) < 4.78 is 0. The Hall–Kier alpha value is -7.74. The molecule has 0 bridgehead atoms. The molecule has 0 atom stereocenters. The normalized spacial score (nSPS) is 13.6. The third-order valence-corrected chi connectivity index (χ3v) is 13.0. The van der Waals surface area contributed by atoms with E-state index in [1.807, 2.05) is 42.5 Å². The molecule has 1 fully saturated rings. The number of hydrogen-bond acceptors (Lipinski definition) is 3. The number of rotatable bonds is 7. The molecule has 0 radical (unpaired) electrons. The second kappa shape index (κ2) is 15.7. The van der Waals surface area contributed by atoms with Crippen LogP contribution in [0.15, 0.2) is 194 Å². The van der Waals surface area contributed by atoms with Gasteiger partial charge >= 0.3 is 0 Å². The Labute approximate surface area is 363 Å². The zero-order valence-corrected chi connectivity index (χ0v) is 34.3. The molecule has 11 rings (SSSR count). The predicted octanol–water partition coefficient (Wildman–Crippen LogP) is 15.3. The SMILES string of the molecule is [C-]#[N+]c1ccc2c(c1)C1(CCCCC1)c1cc(-c3cccc(-c4cccc(-c5ccc(-c6nc(-c7ccccc7)nc(-c7ccc(-c8ccccc8)cc7)n6)cc5)c4)c3)ccc1-2. The highest BCUT2D eigenvalue weighted by Crippen LogP contribution is 2.57. The number of benzene rings is 8. The van der Waals surface area contributed by atoms with Crippen LogP contribution in [0.3, 0.4) is 0 Å². The van der Waals surface area contributed by atoms with Gasteiger partial charge in [0, 0.05) is 22.1 Å². The highest BCUT2D eigenvalue weighted by atomic mass is 15.0. The molecule has 8 aromatic carbocycles. The highest BCUT2D eigenvalue weighted by molar-refractivity contribution is 5.86. The minimum atomic E-state index is -0.00773. The average molecular weight is 795 g/mol. The number of hydrogen-bond donors (Lipinski definition) is 0. The quantitative estimate of drug-likeness (QED) is 0.151. The first-order chi connectivity index (χ1) is 30.6. The van der Waals surface area contributed by atoms with E-state index in [2.05, 4.69) is 157 Å². The molecule has 2 aliphatic rings. The zero-order valence-electron chi connectivity index (χ0n) is 34.3. The largest absolute Gasteiger partial charge is 0.238 e. The van der Waals surface area contributed by atoms with Gasteiger partial charge in [-0.1, -0.05) is 195 Å². The lowest BCUT2D eigenvalue weighted by Gasteiger charge is -2.36. The van der Waals surface area contributed by atoms with E-state index in [-0.39, 0.29) is 5.41 Å². The lowest BCUT2D eigenvalue weighted by molar-refractivity contribution is 0.353. The summed E-state index contributed by atoms with van der Waals surface area (Å²) in [5.74, 6) is 1.92. The van der Waals surface area contributed by atoms with Crippen molar-refractivity contribution in [2.24, 2.45) is 0 Å². The fourth-order valence-electron chi connectivity index (χ4n) is 9.79. The van der Waals surface area contributed by atoms with Crippen LogP contribution in [0.5, 0.6) is 0 Å². The van der Waals surface area contributed by atoms with Gasteiger partial charge in [0.05, 0.1) is 6.57 Å². The maximum Gasteiger partial charge on any atom is 0.187 e. The van der Waals surface area contributed by atoms with Gasteiger partial charge in [-0.3, -0.25) is 0 Å². The minimum Gasteiger partial charge on any atom is -0.238 e. The Balaban J connectivity index is 0.891. The standard InChI is InChI=1S/C58H42N4/c1-59-50-30-32-52-51-31-29-49(37-53(51)58(54(52)38-50)33-9-4-10-34-58)48-20-12-19-47(36-48)46-18-11-17-45(35-46)41-23-27-44(28-24-41)57-61-55(42-15-7-3-8-16-42)60-56(62-57)43-25-21-40(22-26-43)39-13-5-2-6-14-39/h2-3,5-8,11-32,35-38H,4,9-10,33-34H2. The summed E-state index contributed by atoms with van der Waals surface area (Å²) in [6.07, 6.45) is 6.00. The summed E-state index contributed by atoms with van der Waals surface area (Å²) in [5, 5.41) is 0. The van der Waals surface area contributed by atoms with Gasteiger partial charge in [0.1, 0.15) is 0 Å². The van der Waals surface area contributed by atoms with Crippen molar-refractivity contribution >= 4 is 5.69 Å². The van der Waals surface area contributed by atoms with Crippen molar-refractivity contribution < 1.29 is 0 Å². The Morgan fingerprint density at radius 1 is 0.339 bits per heavy atom. The summed E-state index contributed by atoms with van der Waals surface area (Å²) >= 11 is 0. The van der Waals surface area contributed by atoms with Crippen molar-refractivity contribution in [3.63, 3.8) is 0 Å². The molecule has 1 aromatic heterocycles. The van der Waals surface area contributed by atoms with E-state index in [0.717, 1.165) is 51.9 Å². The molecule has 2 aliphatic carbocycles. The predicted molar refractivity (Wildman–Crippen MR) is 253 cm³/mol. The summed E-state index contributed by atoms with van der Waals surface area (Å²) in [4.78, 5) is 18.8. The van der Waals surface area contributed by atoms with Gasteiger partial charge in [0.15, 0.2) is 23.2 Å². The zero-order chi connectivity index (χ0) is 41.5. The fourth-order valence-corrected chi connectivity index (χ4v) is 9.79. The molecule has 0 saturated heterocycles. The van der Waals surface area contributed by atoms with Gasteiger partial charge in [0.2, 0.25) is 0 Å². The second-order valence-corrected chi connectivity index (χ2v) is 16.6. The van der Waals surface area contributed by atoms with Crippen LogP contribution in [0.25, 0.3) is 94.6 Å². The first-order valence-electron chi connectivity index (χ1n) is 21.6. The van der Waals surface area contributed by atoms with Gasteiger partial charge in [-0.15, -0.1) is 0 Å². The summed E-state index contributed by atoms with van der Waals surface area (Å²) in [6.45, 7) is 7.71. The third kappa shape index (κ3) is 6.79. The van der Waals surface area contributed by atoms with Gasteiger partial charge in [0.25, 0.3) is 0 Å². The van der Waals surface area contributed by atoms with Crippen LogP contribution in [-0.2, 0) is 5.41 Å². The Kier molecular flexibility index (Phi) is 9.44. The van der Waals surface area contributed by atoms with Crippen molar-refractivity contribution in [2.45, 2.75) is 37.5 Å². The maximum atomic E-state index is 7.71.